The van der Waals surface area contributed by atoms with Crippen LogP contribution in [0, 0.1) is 0 Å². The van der Waals surface area contributed by atoms with Crippen molar-refractivity contribution in [3.05, 3.63) is 20.8 Å². The fourth-order valence-electron chi connectivity index (χ4n) is 2.63. The minimum atomic E-state index is -1.25. The lowest BCUT2D eigenvalue weighted by Gasteiger charge is -2.18. The smallest absolute Gasteiger partial charge is 0.332 e. The standard InChI is InChI=1S/C9H9N5O5/c15-4-2-1-13-7-3(11-12-13)6(17)10-9(18)14(7)8(19-2)5(4)16/h2,4-5,8,15-16H,1H2,(H,10,17,18)/t2-,4-,5+,8-/m1/s1. The van der Waals surface area contributed by atoms with Gasteiger partial charge in [-0.1, -0.05) is 5.21 Å². The lowest BCUT2D eigenvalue weighted by molar-refractivity contribution is -0.0358. The van der Waals surface area contributed by atoms with Crippen LogP contribution in [0.3, 0.4) is 0 Å². The molecule has 19 heavy (non-hydrogen) atoms. The van der Waals surface area contributed by atoms with Crippen molar-refractivity contribution in [2.75, 3.05) is 0 Å². The van der Waals surface area contributed by atoms with E-state index in [-0.39, 0.29) is 17.7 Å². The number of aromatic amines is 1. The number of hydrogen-bond donors (Lipinski definition) is 3. The minimum Gasteiger partial charge on any atom is -0.387 e. The molecule has 2 aliphatic rings. The predicted octanol–water partition coefficient (Wildman–Crippen LogP) is -3.09. The van der Waals surface area contributed by atoms with Gasteiger partial charge in [-0.25, -0.2) is 14.0 Å². The van der Waals surface area contributed by atoms with Gasteiger partial charge in [0.05, 0.1) is 6.54 Å². The van der Waals surface area contributed by atoms with E-state index >= 15 is 0 Å². The maximum atomic E-state index is 11.9. The fourth-order valence-corrected chi connectivity index (χ4v) is 2.63. The number of H-pyrrole nitrogens is 1. The SMILES string of the molecule is O=c1[nH]c(=O)n2c3c1nnn3C[C@H]1O[C@@H]2[C@@H](O)[C@@H]1O. The Morgan fingerprint density at radius 2 is 2.11 bits per heavy atom. The summed E-state index contributed by atoms with van der Waals surface area (Å²) in [5.41, 5.74) is -1.19. The zero-order chi connectivity index (χ0) is 13.3. The second-order valence-corrected chi connectivity index (χ2v) is 4.62. The van der Waals surface area contributed by atoms with Crippen molar-refractivity contribution < 1.29 is 14.9 Å². The molecule has 100 valence electrons. The molecular weight excluding hydrogens is 258 g/mol. The van der Waals surface area contributed by atoms with E-state index < -0.39 is 35.8 Å². The highest BCUT2D eigenvalue weighted by Crippen LogP contribution is 2.33. The number of nitrogens with zero attached hydrogens (tertiary/aromatic N) is 4. The monoisotopic (exact) mass is 267 g/mol. The Balaban J connectivity index is 2.14. The molecule has 1 fully saturated rings. The van der Waals surface area contributed by atoms with Gasteiger partial charge in [-0.3, -0.25) is 9.78 Å². The molecule has 0 aromatic carbocycles. The van der Waals surface area contributed by atoms with Crippen molar-refractivity contribution in [1.82, 2.24) is 24.5 Å². The van der Waals surface area contributed by atoms with E-state index in [2.05, 4.69) is 15.3 Å². The van der Waals surface area contributed by atoms with Gasteiger partial charge in [-0.05, 0) is 0 Å². The number of nitrogens with one attached hydrogen (secondary N) is 1. The molecule has 0 spiro atoms. The number of ether oxygens (including phenoxy) is 1. The number of aliphatic hydroxyl groups excluding tert-OH is 2. The summed E-state index contributed by atoms with van der Waals surface area (Å²) < 4.78 is 7.84. The molecule has 2 aliphatic heterocycles. The van der Waals surface area contributed by atoms with Crippen molar-refractivity contribution in [3.63, 3.8) is 0 Å². The van der Waals surface area contributed by atoms with E-state index in [1.165, 1.54) is 4.68 Å². The largest absolute Gasteiger partial charge is 0.387 e. The van der Waals surface area contributed by atoms with Gasteiger partial charge in [0.2, 0.25) is 0 Å². The van der Waals surface area contributed by atoms with Gasteiger partial charge in [-0.2, -0.15) is 0 Å². The van der Waals surface area contributed by atoms with Crippen molar-refractivity contribution in [1.29, 1.82) is 0 Å². The molecule has 0 unspecified atom stereocenters. The van der Waals surface area contributed by atoms with Crippen molar-refractivity contribution >= 4 is 11.2 Å². The van der Waals surface area contributed by atoms with Crippen LogP contribution in [0.4, 0.5) is 0 Å². The topological polar surface area (TPSA) is 135 Å². The van der Waals surface area contributed by atoms with Crippen LogP contribution in [0.25, 0.3) is 11.2 Å². The zero-order valence-electron chi connectivity index (χ0n) is 9.42. The molecule has 0 radical (unpaired) electrons. The van der Waals surface area contributed by atoms with E-state index in [4.69, 9.17) is 4.74 Å². The molecule has 10 nitrogen and oxygen atoms in total. The summed E-state index contributed by atoms with van der Waals surface area (Å²) in [4.78, 5) is 25.6. The lowest BCUT2D eigenvalue weighted by Crippen LogP contribution is -2.40. The van der Waals surface area contributed by atoms with Gasteiger partial charge in [0, 0.05) is 0 Å². The van der Waals surface area contributed by atoms with E-state index in [9.17, 15) is 19.8 Å². The van der Waals surface area contributed by atoms with Crippen molar-refractivity contribution in [2.45, 2.75) is 31.1 Å². The summed E-state index contributed by atoms with van der Waals surface area (Å²) in [6.07, 6.45) is -4.15. The predicted molar refractivity (Wildman–Crippen MR) is 58.3 cm³/mol. The Morgan fingerprint density at radius 1 is 1.32 bits per heavy atom. The molecule has 2 bridgehead atoms. The van der Waals surface area contributed by atoms with Crippen LogP contribution in [0.2, 0.25) is 0 Å². The first-order valence-electron chi connectivity index (χ1n) is 5.67. The maximum absolute atomic E-state index is 11.9. The van der Waals surface area contributed by atoms with Crippen LogP contribution in [-0.4, -0.2) is 53.1 Å². The molecule has 4 rings (SSSR count). The molecule has 4 atom stereocenters. The highest BCUT2D eigenvalue weighted by atomic mass is 16.6. The summed E-state index contributed by atoms with van der Waals surface area (Å²) in [6, 6.07) is 0. The number of fused-ring (bicyclic) bond motifs is 3. The number of aliphatic hydroxyl groups is 2. The first-order chi connectivity index (χ1) is 9.08. The fraction of sp³-hybridized carbons (Fsp3) is 0.556. The van der Waals surface area contributed by atoms with Crippen LogP contribution in [-0.2, 0) is 11.3 Å². The molecule has 0 aliphatic carbocycles. The van der Waals surface area contributed by atoms with Gasteiger partial charge in [0.15, 0.2) is 17.4 Å². The Labute approximate surface area is 103 Å². The highest BCUT2D eigenvalue weighted by Gasteiger charge is 2.47. The molecule has 2 aromatic heterocycles. The molecule has 1 saturated heterocycles. The summed E-state index contributed by atoms with van der Waals surface area (Å²) >= 11 is 0. The molecule has 4 heterocycles. The lowest BCUT2D eigenvalue weighted by atomic mass is 10.1. The van der Waals surface area contributed by atoms with Crippen molar-refractivity contribution in [2.24, 2.45) is 0 Å². The van der Waals surface area contributed by atoms with Gasteiger partial charge in [0.1, 0.15) is 18.3 Å². The highest BCUT2D eigenvalue weighted by molar-refractivity contribution is 5.68. The second-order valence-electron chi connectivity index (χ2n) is 4.62. The van der Waals surface area contributed by atoms with Gasteiger partial charge in [0.25, 0.3) is 5.56 Å². The Hall–Kier alpha value is -2.04. The number of hydrogen-bond acceptors (Lipinski definition) is 7. The zero-order valence-corrected chi connectivity index (χ0v) is 9.42. The van der Waals surface area contributed by atoms with E-state index in [1.54, 1.807) is 0 Å². The molecule has 0 saturated carbocycles. The summed E-state index contributed by atoms with van der Waals surface area (Å²) in [7, 11) is 0. The molecule has 2 aromatic rings. The van der Waals surface area contributed by atoms with Crippen LogP contribution >= 0.6 is 0 Å². The van der Waals surface area contributed by atoms with Crippen LogP contribution < -0.4 is 11.2 Å². The van der Waals surface area contributed by atoms with Gasteiger partial charge in [-0.15, -0.1) is 5.10 Å². The summed E-state index contributed by atoms with van der Waals surface area (Å²) in [5, 5.41) is 27.2. The Morgan fingerprint density at radius 3 is 2.89 bits per heavy atom. The van der Waals surface area contributed by atoms with Crippen LogP contribution in [0.5, 0.6) is 0 Å². The number of rotatable bonds is 0. The molecule has 0 amide bonds. The third-order valence-electron chi connectivity index (χ3n) is 3.54. The van der Waals surface area contributed by atoms with Crippen molar-refractivity contribution in [3.8, 4) is 0 Å². The first kappa shape index (κ1) is 10.8. The average Bonchev–Trinajstić information content (AvgIpc) is 2.82. The maximum Gasteiger partial charge on any atom is 0.332 e. The van der Waals surface area contributed by atoms with Gasteiger partial charge >= 0.3 is 5.69 Å². The van der Waals surface area contributed by atoms with E-state index in [0.717, 1.165) is 4.57 Å². The van der Waals surface area contributed by atoms with Gasteiger partial charge < -0.3 is 14.9 Å². The van der Waals surface area contributed by atoms with E-state index in [1.807, 2.05) is 0 Å². The van der Waals surface area contributed by atoms with Crippen LogP contribution in [0.1, 0.15) is 6.23 Å². The normalized spacial score (nSPS) is 32.7. The molecule has 10 heteroatoms. The number of aromatic nitrogens is 5. The Kier molecular flexibility index (Phi) is 1.88. The second kappa shape index (κ2) is 3.29. The molecule has 3 N–H and O–H groups in total. The Bertz CT molecular complexity index is 790. The quantitative estimate of drug-likeness (QED) is 0.460. The minimum absolute atomic E-state index is 0.00237. The van der Waals surface area contributed by atoms with Crippen LogP contribution in [0.15, 0.2) is 9.59 Å². The molecular formula is C9H9N5O5. The first-order valence-corrected chi connectivity index (χ1v) is 5.67. The summed E-state index contributed by atoms with van der Waals surface area (Å²) in [5.74, 6) is 0. The summed E-state index contributed by atoms with van der Waals surface area (Å²) in [6.45, 7) is 0.105. The third-order valence-corrected chi connectivity index (χ3v) is 3.54. The average molecular weight is 267 g/mol. The van der Waals surface area contributed by atoms with E-state index in [0.29, 0.717) is 0 Å². The third kappa shape index (κ3) is 1.20.